The third kappa shape index (κ3) is 8.29. The summed E-state index contributed by atoms with van der Waals surface area (Å²) in [7, 11) is -3.27. The fraction of sp³-hybridized carbons (Fsp3) is 0.955. The van der Waals surface area contributed by atoms with E-state index >= 15 is 0 Å². The highest BCUT2D eigenvalue weighted by molar-refractivity contribution is 6.81. The molecule has 4 nitrogen and oxygen atoms in total. The molecule has 0 aromatic carbocycles. The first kappa shape index (κ1) is 27.8. The third-order valence-electron chi connectivity index (χ3n) is 6.21. The average Bonchev–Trinajstić information content (AvgIpc) is 2.55. The van der Waals surface area contributed by atoms with Gasteiger partial charge in [-0.15, -0.1) is 0 Å². The van der Waals surface area contributed by atoms with Gasteiger partial charge in [0.05, 0.1) is 13.0 Å². The molecule has 0 bridgehead atoms. The highest BCUT2D eigenvalue weighted by atomic mass is 28.4. The lowest BCUT2D eigenvalue weighted by Gasteiger charge is -2.51. The summed E-state index contributed by atoms with van der Waals surface area (Å²) < 4.78 is 14.0. The van der Waals surface area contributed by atoms with Crippen LogP contribution in [0, 0.1) is 0 Å². The molecule has 168 valence electrons. The molecule has 0 aliphatic heterocycles. The molecule has 0 spiro atoms. The van der Waals surface area contributed by atoms with Gasteiger partial charge < -0.3 is 13.7 Å². The molecule has 0 heterocycles. The number of ether oxygens (including phenoxy) is 1. The number of rotatable bonds is 15. The highest BCUT2D eigenvalue weighted by Crippen LogP contribution is 2.44. The molecule has 0 atom stereocenters. The largest absolute Gasteiger partial charge is 0.466 e. The van der Waals surface area contributed by atoms with Crippen molar-refractivity contribution >= 4 is 22.5 Å². The lowest BCUT2D eigenvalue weighted by molar-refractivity contribution is -0.143. The Balaban J connectivity index is 5.30. The van der Waals surface area contributed by atoms with Crippen molar-refractivity contribution < 1.29 is 14.0 Å². The Morgan fingerprint density at radius 1 is 0.857 bits per heavy atom. The van der Waals surface area contributed by atoms with Gasteiger partial charge >= 0.3 is 5.97 Å². The van der Waals surface area contributed by atoms with Crippen LogP contribution in [-0.4, -0.2) is 53.4 Å². The Morgan fingerprint density at radius 2 is 1.39 bits per heavy atom. The molecule has 0 saturated heterocycles. The van der Waals surface area contributed by atoms with Crippen LogP contribution in [-0.2, 0) is 14.0 Å². The first-order chi connectivity index (χ1) is 13.0. The molecule has 0 fully saturated rings. The average molecular weight is 432 g/mol. The third-order valence-corrected chi connectivity index (χ3v) is 15.9. The fourth-order valence-corrected chi connectivity index (χ4v) is 14.6. The van der Waals surface area contributed by atoms with Gasteiger partial charge in [-0.05, 0) is 62.6 Å². The van der Waals surface area contributed by atoms with Gasteiger partial charge in [-0.2, -0.15) is 0 Å². The van der Waals surface area contributed by atoms with Crippen LogP contribution >= 0.6 is 0 Å². The van der Waals surface area contributed by atoms with Crippen LogP contribution in [0.3, 0.4) is 0 Å². The Morgan fingerprint density at radius 3 is 1.82 bits per heavy atom. The van der Waals surface area contributed by atoms with Crippen LogP contribution in [0.5, 0.6) is 0 Å². The zero-order valence-electron chi connectivity index (χ0n) is 20.6. The maximum Gasteiger partial charge on any atom is 0.307 e. The molecule has 6 heteroatoms. The first-order valence-electron chi connectivity index (χ1n) is 11.5. The van der Waals surface area contributed by atoms with Crippen molar-refractivity contribution in [2.45, 2.75) is 110 Å². The number of nitrogens with zero attached hydrogens (tertiary/aromatic N) is 1. The first-order valence-corrected chi connectivity index (χ1v) is 16.8. The maximum atomic E-state index is 12.1. The van der Waals surface area contributed by atoms with E-state index in [2.05, 4.69) is 66.1 Å². The normalized spacial score (nSPS) is 13.2. The zero-order valence-corrected chi connectivity index (χ0v) is 22.6. The number of esters is 1. The lowest BCUT2D eigenvalue weighted by atomic mass is 10.3. The molecule has 0 N–H and O–H groups in total. The van der Waals surface area contributed by atoms with E-state index in [1.54, 1.807) is 0 Å². The summed E-state index contributed by atoms with van der Waals surface area (Å²) in [5.74, 6) is -0.0587. The van der Waals surface area contributed by atoms with E-state index in [1.807, 2.05) is 6.92 Å². The molecule has 0 radical (unpaired) electrons. The van der Waals surface area contributed by atoms with Gasteiger partial charge in [0.15, 0.2) is 8.32 Å². The topological polar surface area (TPSA) is 38.8 Å². The summed E-state index contributed by atoms with van der Waals surface area (Å²) in [5.41, 5.74) is 1.97. The second-order valence-corrected chi connectivity index (χ2v) is 19.7. The number of unbranched alkanes of at least 4 members (excludes halogenated alkanes) is 1. The van der Waals surface area contributed by atoms with Gasteiger partial charge in [-0.25, -0.2) is 0 Å². The van der Waals surface area contributed by atoms with E-state index < -0.39 is 16.6 Å². The molecule has 0 amide bonds. The van der Waals surface area contributed by atoms with Crippen molar-refractivity contribution in [1.29, 1.82) is 0 Å². The number of carbonyl (C=O) groups excluding carboxylic acids is 1. The van der Waals surface area contributed by atoms with Crippen LogP contribution < -0.4 is 0 Å². The molecule has 28 heavy (non-hydrogen) atoms. The minimum Gasteiger partial charge on any atom is -0.466 e. The molecular formula is C22H49NO3Si2. The van der Waals surface area contributed by atoms with E-state index in [1.165, 1.54) is 18.9 Å². The van der Waals surface area contributed by atoms with Crippen molar-refractivity contribution in [3.63, 3.8) is 0 Å². The van der Waals surface area contributed by atoms with Crippen LogP contribution in [0.1, 0.15) is 74.7 Å². The molecule has 0 aliphatic carbocycles. The van der Waals surface area contributed by atoms with Gasteiger partial charge in [0.2, 0.25) is 0 Å². The van der Waals surface area contributed by atoms with E-state index in [9.17, 15) is 4.79 Å². The summed E-state index contributed by atoms with van der Waals surface area (Å²) in [5, 5.41) is 0. The Bertz CT molecular complexity index is 418. The summed E-state index contributed by atoms with van der Waals surface area (Å²) in [4.78, 5) is 12.1. The second-order valence-electron chi connectivity index (χ2n) is 9.54. The molecule has 0 aliphatic rings. The minimum atomic E-state index is -1.75. The summed E-state index contributed by atoms with van der Waals surface area (Å²) >= 11 is 0. The molecule has 0 saturated carbocycles. The predicted molar refractivity (Wildman–Crippen MR) is 127 cm³/mol. The molecular weight excluding hydrogens is 382 g/mol. The van der Waals surface area contributed by atoms with E-state index in [-0.39, 0.29) is 5.97 Å². The molecule has 0 aromatic heterocycles. The quantitative estimate of drug-likeness (QED) is 0.170. The SMILES string of the molecule is CCOC(=O)CCN(CCCC[Si](C)(C)OCC)[Si](C(C)C)(C(C)C)C(C)C. The Kier molecular flexibility index (Phi) is 13.1. The van der Waals surface area contributed by atoms with Gasteiger partial charge in [0, 0.05) is 13.2 Å². The van der Waals surface area contributed by atoms with E-state index in [0.717, 1.165) is 19.7 Å². The summed E-state index contributed by atoms with van der Waals surface area (Å²) in [6.45, 7) is 26.2. The van der Waals surface area contributed by atoms with Crippen LogP contribution in [0.15, 0.2) is 0 Å². The molecule has 0 aromatic rings. The number of hydrogen-bond donors (Lipinski definition) is 0. The standard InChI is InChI=1S/C22H49NO3Si2/c1-11-25-22(24)15-17-23(16-13-14-18-27(9,10)26-12-2)28(19(3)4,20(5)6)21(7)8/h19-21H,11-18H2,1-10H3. The Labute approximate surface area is 178 Å². The van der Waals surface area contributed by atoms with Crippen molar-refractivity contribution in [3.8, 4) is 0 Å². The molecule has 0 rings (SSSR count). The lowest BCUT2D eigenvalue weighted by Crippen LogP contribution is -2.60. The summed E-state index contributed by atoms with van der Waals surface area (Å²) in [6.07, 6.45) is 2.91. The van der Waals surface area contributed by atoms with Crippen molar-refractivity contribution in [1.82, 2.24) is 4.57 Å². The van der Waals surface area contributed by atoms with Crippen LogP contribution in [0.4, 0.5) is 0 Å². The van der Waals surface area contributed by atoms with Crippen molar-refractivity contribution in [2.24, 2.45) is 0 Å². The van der Waals surface area contributed by atoms with Gasteiger partial charge in [-0.1, -0.05) is 48.0 Å². The minimum absolute atomic E-state index is 0.0587. The van der Waals surface area contributed by atoms with Crippen molar-refractivity contribution in [3.05, 3.63) is 0 Å². The molecule has 0 unspecified atom stereocenters. The van der Waals surface area contributed by atoms with Crippen LogP contribution in [0.25, 0.3) is 0 Å². The van der Waals surface area contributed by atoms with Crippen LogP contribution in [0.2, 0.25) is 35.8 Å². The fourth-order valence-electron chi connectivity index (χ4n) is 5.37. The second kappa shape index (κ2) is 13.2. The van der Waals surface area contributed by atoms with E-state index in [0.29, 0.717) is 29.7 Å². The smallest absolute Gasteiger partial charge is 0.307 e. The Hall–Kier alpha value is -0.176. The number of carbonyl (C=O) groups is 1. The van der Waals surface area contributed by atoms with Gasteiger partial charge in [-0.3, -0.25) is 4.79 Å². The van der Waals surface area contributed by atoms with Gasteiger partial charge in [0.25, 0.3) is 0 Å². The van der Waals surface area contributed by atoms with Gasteiger partial charge in [0.1, 0.15) is 8.24 Å². The predicted octanol–water partition coefficient (Wildman–Crippen LogP) is 6.44. The van der Waals surface area contributed by atoms with Crippen molar-refractivity contribution in [2.75, 3.05) is 26.3 Å². The summed E-state index contributed by atoms with van der Waals surface area (Å²) in [6, 6.07) is 1.21. The highest BCUT2D eigenvalue weighted by Gasteiger charge is 2.47. The maximum absolute atomic E-state index is 12.1. The zero-order chi connectivity index (χ0) is 22.0. The number of hydrogen-bond acceptors (Lipinski definition) is 4. The monoisotopic (exact) mass is 431 g/mol. The van der Waals surface area contributed by atoms with E-state index in [4.69, 9.17) is 9.16 Å².